The van der Waals surface area contributed by atoms with Gasteiger partial charge in [-0.3, -0.25) is 4.90 Å². The van der Waals surface area contributed by atoms with Gasteiger partial charge < -0.3 is 15.4 Å². The van der Waals surface area contributed by atoms with Gasteiger partial charge in [0.05, 0.1) is 13.2 Å². The van der Waals surface area contributed by atoms with E-state index in [0.717, 1.165) is 63.4 Å². The molecule has 1 aliphatic rings. The van der Waals surface area contributed by atoms with Crippen LogP contribution in [0.2, 0.25) is 0 Å². The van der Waals surface area contributed by atoms with E-state index in [1.807, 2.05) is 13.0 Å². The smallest absolute Gasteiger partial charge is 0.132 e. The molecule has 0 amide bonds. The highest BCUT2D eigenvalue weighted by atomic mass is 16.5. The Morgan fingerprint density at radius 3 is 2.40 bits per heavy atom. The van der Waals surface area contributed by atoms with E-state index in [9.17, 15) is 0 Å². The second-order valence-electron chi connectivity index (χ2n) is 6.41. The van der Waals surface area contributed by atoms with Crippen molar-refractivity contribution in [2.75, 3.05) is 50.0 Å². The summed E-state index contributed by atoms with van der Waals surface area (Å²) in [5.41, 5.74) is 2.51. The summed E-state index contributed by atoms with van der Waals surface area (Å²) in [5.74, 6) is 2.48. The molecular weight excluding hydrogens is 314 g/mol. The van der Waals surface area contributed by atoms with Gasteiger partial charge in [-0.15, -0.1) is 0 Å². The maximum atomic E-state index is 5.37. The summed E-state index contributed by atoms with van der Waals surface area (Å²) < 4.78 is 5.37. The molecule has 2 N–H and O–H groups in total. The highest BCUT2D eigenvalue weighted by Gasteiger charge is 2.09. The number of anilines is 2. The first-order chi connectivity index (χ1) is 12.2. The number of nitrogens with one attached hydrogen (secondary N) is 2. The molecule has 1 aromatic carbocycles. The zero-order chi connectivity index (χ0) is 17.5. The van der Waals surface area contributed by atoms with Crippen molar-refractivity contribution < 1.29 is 4.74 Å². The molecule has 1 saturated heterocycles. The average molecular weight is 341 g/mol. The van der Waals surface area contributed by atoms with Crippen molar-refractivity contribution in [3.05, 3.63) is 47.3 Å². The van der Waals surface area contributed by atoms with Crippen LogP contribution < -0.4 is 10.6 Å². The highest BCUT2D eigenvalue weighted by molar-refractivity contribution is 5.47. The average Bonchev–Trinajstić information content (AvgIpc) is 2.62. The molecule has 2 aromatic rings. The lowest BCUT2D eigenvalue weighted by molar-refractivity contribution is 0.0398. The van der Waals surface area contributed by atoms with E-state index >= 15 is 0 Å². The molecule has 0 atom stereocenters. The molecule has 1 fully saturated rings. The zero-order valence-electron chi connectivity index (χ0n) is 15.1. The second kappa shape index (κ2) is 8.78. The number of aryl methyl sites for hydroxylation is 2. The fourth-order valence-electron chi connectivity index (χ4n) is 2.81. The third-order valence-corrected chi connectivity index (χ3v) is 4.27. The van der Waals surface area contributed by atoms with Crippen LogP contribution in [0.3, 0.4) is 0 Å². The first kappa shape index (κ1) is 17.6. The number of hydrogen-bond acceptors (Lipinski definition) is 6. The SMILES string of the molecule is Cc1ccc(CNc2cc(NCCN3CCOCC3)nc(C)n2)cc1. The van der Waals surface area contributed by atoms with E-state index in [2.05, 4.69) is 56.7 Å². The van der Waals surface area contributed by atoms with Crippen LogP contribution in [0.25, 0.3) is 0 Å². The molecule has 0 saturated carbocycles. The van der Waals surface area contributed by atoms with Crippen molar-refractivity contribution in [2.45, 2.75) is 20.4 Å². The fourth-order valence-corrected chi connectivity index (χ4v) is 2.81. The molecule has 134 valence electrons. The molecule has 3 rings (SSSR count). The van der Waals surface area contributed by atoms with E-state index in [4.69, 9.17) is 4.74 Å². The first-order valence-corrected chi connectivity index (χ1v) is 8.88. The van der Waals surface area contributed by atoms with Crippen LogP contribution >= 0.6 is 0 Å². The lowest BCUT2D eigenvalue weighted by atomic mass is 10.1. The van der Waals surface area contributed by atoms with Crippen molar-refractivity contribution >= 4 is 11.6 Å². The standard InChI is InChI=1S/C19H27N5O/c1-15-3-5-17(6-4-15)14-21-19-13-18(22-16(2)23-19)20-7-8-24-9-11-25-12-10-24/h3-6,13H,7-12,14H2,1-2H3,(H2,20,21,22,23). The molecule has 0 spiro atoms. The molecule has 2 heterocycles. The van der Waals surface area contributed by atoms with E-state index in [1.165, 1.54) is 11.1 Å². The fraction of sp³-hybridized carbons (Fsp3) is 0.474. The van der Waals surface area contributed by atoms with E-state index in [0.29, 0.717) is 0 Å². The quantitative estimate of drug-likeness (QED) is 0.807. The molecule has 6 nitrogen and oxygen atoms in total. The molecule has 0 bridgehead atoms. The summed E-state index contributed by atoms with van der Waals surface area (Å²) in [4.78, 5) is 11.4. The Morgan fingerprint density at radius 2 is 1.68 bits per heavy atom. The van der Waals surface area contributed by atoms with Gasteiger partial charge in [-0.1, -0.05) is 29.8 Å². The number of ether oxygens (including phenoxy) is 1. The molecule has 1 aromatic heterocycles. The number of hydrogen-bond donors (Lipinski definition) is 2. The van der Waals surface area contributed by atoms with Crippen LogP contribution in [0.5, 0.6) is 0 Å². The topological polar surface area (TPSA) is 62.3 Å². The Kier molecular flexibility index (Phi) is 6.19. The lowest BCUT2D eigenvalue weighted by Gasteiger charge is -2.26. The summed E-state index contributed by atoms with van der Waals surface area (Å²) in [6.45, 7) is 10.3. The van der Waals surface area contributed by atoms with Crippen LogP contribution in [0.4, 0.5) is 11.6 Å². The van der Waals surface area contributed by atoms with Crippen LogP contribution in [0, 0.1) is 13.8 Å². The minimum Gasteiger partial charge on any atom is -0.379 e. The van der Waals surface area contributed by atoms with Crippen molar-refractivity contribution in [1.29, 1.82) is 0 Å². The van der Waals surface area contributed by atoms with Gasteiger partial charge in [-0.25, -0.2) is 9.97 Å². The maximum Gasteiger partial charge on any atom is 0.132 e. The monoisotopic (exact) mass is 341 g/mol. The van der Waals surface area contributed by atoms with Crippen molar-refractivity contribution in [3.63, 3.8) is 0 Å². The molecule has 0 unspecified atom stereocenters. The predicted octanol–water partition coefficient (Wildman–Crippen LogP) is 2.45. The minimum absolute atomic E-state index is 0.754. The lowest BCUT2D eigenvalue weighted by Crippen LogP contribution is -2.39. The van der Waals surface area contributed by atoms with Gasteiger partial charge in [0, 0.05) is 38.8 Å². The van der Waals surface area contributed by atoms with Gasteiger partial charge in [-0.05, 0) is 19.4 Å². The molecule has 6 heteroatoms. The zero-order valence-corrected chi connectivity index (χ0v) is 15.1. The normalized spacial score (nSPS) is 15.1. The molecule has 1 aliphatic heterocycles. The number of nitrogens with zero attached hydrogens (tertiary/aromatic N) is 3. The van der Waals surface area contributed by atoms with Gasteiger partial charge in [0.1, 0.15) is 17.5 Å². The summed E-state index contributed by atoms with van der Waals surface area (Å²) in [6, 6.07) is 10.5. The molecule has 25 heavy (non-hydrogen) atoms. The van der Waals surface area contributed by atoms with E-state index in [-0.39, 0.29) is 0 Å². The van der Waals surface area contributed by atoms with Gasteiger partial charge >= 0.3 is 0 Å². The Balaban J connectivity index is 1.51. The Bertz CT molecular complexity index is 668. The number of rotatable bonds is 7. The Labute approximate surface area is 149 Å². The van der Waals surface area contributed by atoms with Crippen LogP contribution in [-0.2, 0) is 11.3 Å². The summed E-state index contributed by atoms with van der Waals surface area (Å²) >= 11 is 0. The van der Waals surface area contributed by atoms with Gasteiger partial charge in [0.25, 0.3) is 0 Å². The minimum atomic E-state index is 0.754. The van der Waals surface area contributed by atoms with E-state index in [1.54, 1.807) is 0 Å². The third kappa shape index (κ3) is 5.69. The predicted molar refractivity (Wildman–Crippen MR) is 101 cm³/mol. The van der Waals surface area contributed by atoms with Crippen LogP contribution in [0.1, 0.15) is 17.0 Å². The molecule has 0 radical (unpaired) electrons. The largest absolute Gasteiger partial charge is 0.379 e. The van der Waals surface area contributed by atoms with Crippen molar-refractivity contribution in [3.8, 4) is 0 Å². The van der Waals surface area contributed by atoms with Gasteiger partial charge in [0.15, 0.2) is 0 Å². The van der Waals surface area contributed by atoms with Crippen molar-refractivity contribution in [1.82, 2.24) is 14.9 Å². The van der Waals surface area contributed by atoms with Gasteiger partial charge in [0.2, 0.25) is 0 Å². The number of aromatic nitrogens is 2. The number of benzene rings is 1. The Morgan fingerprint density at radius 1 is 1.00 bits per heavy atom. The van der Waals surface area contributed by atoms with E-state index < -0.39 is 0 Å². The van der Waals surface area contributed by atoms with Crippen LogP contribution in [0.15, 0.2) is 30.3 Å². The summed E-state index contributed by atoms with van der Waals surface area (Å²) in [5, 5.41) is 6.79. The van der Waals surface area contributed by atoms with Crippen molar-refractivity contribution in [2.24, 2.45) is 0 Å². The first-order valence-electron chi connectivity index (χ1n) is 8.88. The summed E-state index contributed by atoms with van der Waals surface area (Å²) in [7, 11) is 0. The summed E-state index contributed by atoms with van der Waals surface area (Å²) in [6.07, 6.45) is 0. The second-order valence-corrected chi connectivity index (χ2v) is 6.41. The molecule has 0 aliphatic carbocycles. The van der Waals surface area contributed by atoms with Gasteiger partial charge in [-0.2, -0.15) is 0 Å². The Hall–Kier alpha value is -2.18. The molecular formula is C19H27N5O. The van der Waals surface area contributed by atoms with Crippen LogP contribution in [-0.4, -0.2) is 54.3 Å². The maximum absolute atomic E-state index is 5.37. The highest BCUT2D eigenvalue weighted by Crippen LogP contribution is 2.13. The number of morpholine rings is 1. The third-order valence-electron chi connectivity index (χ3n) is 4.27.